The van der Waals surface area contributed by atoms with E-state index < -0.39 is 0 Å². The van der Waals surface area contributed by atoms with Crippen molar-refractivity contribution in [2.45, 2.75) is 13.8 Å². The van der Waals surface area contributed by atoms with Crippen molar-refractivity contribution < 1.29 is 9.53 Å². The minimum atomic E-state index is 0.121. The number of nitrogens with zero attached hydrogens (tertiary/aromatic N) is 1. The molecule has 1 aromatic carbocycles. The van der Waals surface area contributed by atoms with E-state index in [1.807, 2.05) is 38.1 Å². The summed E-state index contributed by atoms with van der Waals surface area (Å²) < 4.78 is 5.46. The van der Waals surface area contributed by atoms with Crippen LogP contribution in [0.3, 0.4) is 0 Å². The summed E-state index contributed by atoms with van der Waals surface area (Å²) in [6.07, 6.45) is 0. The summed E-state index contributed by atoms with van der Waals surface area (Å²) in [6.45, 7) is 6.01. The van der Waals surface area contributed by atoms with Gasteiger partial charge in [0.2, 0.25) is 0 Å². The Morgan fingerprint density at radius 3 is 2.76 bits per heavy atom. The normalized spacial score (nSPS) is 10.0. The molecule has 0 aliphatic heterocycles. The van der Waals surface area contributed by atoms with Crippen molar-refractivity contribution in [2.24, 2.45) is 0 Å². The van der Waals surface area contributed by atoms with Gasteiger partial charge in [0.05, 0.1) is 6.61 Å². The molecule has 93 valence electrons. The molecule has 17 heavy (non-hydrogen) atoms. The lowest BCUT2D eigenvalue weighted by atomic mass is 10.3. The number of rotatable bonds is 6. The number of ether oxygens (including phenoxy) is 1. The predicted octanol–water partition coefficient (Wildman–Crippen LogP) is 3.06. The quantitative estimate of drug-likeness (QED) is 0.729. The fraction of sp³-hybridized carbons (Fsp3) is 0.462. The smallest absolute Gasteiger partial charge is 0.281 e. The fourth-order valence-corrected chi connectivity index (χ4v) is 2.10. The Labute approximate surface area is 107 Å². The number of amides is 1. The van der Waals surface area contributed by atoms with E-state index in [1.54, 1.807) is 4.90 Å². The van der Waals surface area contributed by atoms with Crippen LogP contribution in [0, 0.1) is 6.07 Å². The maximum absolute atomic E-state index is 11.6. The van der Waals surface area contributed by atoms with E-state index in [9.17, 15) is 4.79 Å². The second-order valence-corrected chi connectivity index (χ2v) is 4.41. The highest BCUT2D eigenvalue weighted by molar-refractivity contribution is 8.13. The van der Waals surface area contributed by atoms with Gasteiger partial charge < -0.3 is 9.64 Å². The highest BCUT2D eigenvalue weighted by Crippen LogP contribution is 2.11. The van der Waals surface area contributed by atoms with Gasteiger partial charge in [0, 0.05) is 24.9 Å². The first-order valence-electron chi connectivity index (χ1n) is 5.79. The van der Waals surface area contributed by atoms with Crippen LogP contribution in [0.1, 0.15) is 13.8 Å². The molecule has 0 N–H and O–H groups in total. The van der Waals surface area contributed by atoms with Gasteiger partial charge in [-0.05, 0) is 19.9 Å². The SMILES string of the molecule is CCN(CC)C(=O)SCCOc1[c]cccc1. The van der Waals surface area contributed by atoms with Crippen LogP contribution in [0.4, 0.5) is 4.79 Å². The standard InChI is InChI=1S/C13H18NO2S/c1-3-14(4-2)13(15)17-11-10-16-12-8-6-5-7-9-12/h5-8H,3-4,10-11H2,1-2H3. The number of hydrogen-bond donors (Lipinski definition) is 0. The molecular formula is C13H18NO2S. The molecular weight excluding hydrogens is 234 g/mol. The zero-order chi connectivity index (χ0) is 12.5. The molecule has 0 aromatic heterocycles. The Morgan fingerprint density at radius 1 is 1.41 bits per heavy atom. The van der Waals surface area contributed by atoms with Crippen molar-refractivity contribution in [3.8, 4) is 5.75 Å². The largest absolute Gasteiger partial charge is 0.492 e. The molecule has 3 nitrogen and oxygen atoms in total. The van der Waals surface area contributed by atoms with Crippen LogP contribution >= 0.6 is 11.8 Å². The van der Waals surface area contributed by atoms with E-state index in [1.165, 1.54) is 11.8 Å². The first-order valence-corrected chi connectivity index (χ1v) is 6.77. The second-order valence-electron chi connectivity index (χ2n) is 3.36. The molecule has 0 heterocycles. The van der Waals surface area contributed by atoms with Gasteiger partial charge in [-0.25, -0.2) is 0 Å². The van der Waals surface area contributed by atoms with Gasteiger partial charge in [-0.2, -0.15) is 0 Å². The van der Waals surface area contributed by atoms with Crippen LogP contribution in [-0.4, -0.2) is 35.6 Å². The van der Waals surface area contributed by atoms with E-state index in [4.69, 9.17) is 4.74 Å². The second kappa shape index (κ2) is 8.01. The zero-order valence-electron chi connectivity index (χ0n) is 10.3. The van der Waals surface area contributed by atoms with Crippen LogP contribution in [0.5, 0.6) is 5.75 Å². The average molecular weight is 252 g/mol. The average Bonchev–Trinajstić information content (AvgIpc) is 2.37. The lowest BCUT2D eigenvalue weighted by Gasteiger charge is -2.17. The van der Waals surface area contributed by atoms with Gasteiger partial charge in [-0.3, -0.25) is 4.79 Å². The van der Waals surface area contributed by atoms with Crippen molar-refractivity contribution >= 4 is 17.0 Å². The molecule has 0 atom stereocenters. The van der Waals surface area contributed by atoms with Crippen molar-refractivity contribution in [3.05, 3.63) is 30.3 Å². The van der Waals surface area contributed by atoms with Gasteiger partial charge in [0.1, 0.15) is 5.75 Å². The molecule has 1 radical (unpaired) electrons. The third-order valence-corrected chi connectivity index (χ3v) is 3.14. The minimum Gasteiger partial charge on any atom is -0.492 e. The number of carbonyl (C=O) groups excluding carboxylic acids is 1. The Bertz CT molecular complexity index is 325. The van der Waals surface area contributed by atoms with Crippen LogP contribution < -0.4 is 4.74 Å². The van der Waals surface area contributed by atoms with Gasteiger partial charge in [-0.15, -0.1) is 0 Å². The monoisotopic (exact) mass is 252 g/mol. The minimum absolute atomic E-state index is 0.121. The van der Waals surface area contributed by atoms with E-state index in [-0.39, 0.29) is 5.24 Å². The van der Waals surface area contributed by atoms with Gasteiger partial charge in [-0.1, -0.05) is 30.0 Å². The molecule has 1 amide bonds. The summed E-state index contributed by atoms with van der Waals surface area (Å²) in [6, 6.07) is 10.4. The van der Waals surface area contributed by atoms with E-state index in [0.717, 1.165) is 18.8 Å². The van der Waals surface area contributed by atoms with E-state index in [0.29, 0.717) is 12.4 Å². The van der Waals surface area contributed by atoms with Crippen molar-refractivity contribution in [1.29, 1.82) is 0 Å². The number of benzene rings is 1. The maximum atomic E-state index is 11.6. The highest BCUT2D eigenvalue weighted by Gasteiger charge is 2.09. The molecule has 1 rings (SSSR count). The molecule has 0 aliphatic carbocycles. The lowest BCUT2D eigenvalue weighted by Crippen LogP contribution is -2.27. The highest BCUT2D eigenvalue weighted by atomic mass is 32.2. The van der Waals surface area contributed by atoms with Gasteiger partial charge in [0.15, 0.2) is 0 Å². The summed E-state index contributed by atoms with van der Waals surface area (Å²) in [5.41, 5.74) is 0. The molecule has 4 heteroatoms. The molecule has 0 unspecified atom stereocenters. The molecule has 0 saturated heterocycles. The summed E-state index contributed by atoms with van der Waals surface area (Å²) in [4.78, 5) is 13.4. The third-order valence-electron chi connectivity index (χ3n) is 2.27. The van der Waals surface area contributed by atoms with Crippen molar-refractivity contribution in [2.75, 3.05) is 25.4 Å². The predicted molar refractivity (Wildman–Crippen MR) is 71.5 cm³/mol. The van der Waals surface area contributed by atoms with E-state index in [2.05, 4.69) is 6.07 Å². The molecule has 1 aromatic rings. The summed E-state index contributed by atoms with van der Waals surface area (Å²) >= 11 is 1.30. The molecule has 0 spiro atoms. The Hall–Kier alpha value is -1.16. The molecule has 0 fully saturated rings. The Morgan fingerprint density at radius 2 is 2.18 bits per heavy atom. The number of hydrogen-bond acceptors (Lipinski definition) is 3. The fourth-order valence-electron chi connectivity index (χ4n) is 1.32. The topological polar surface area (TPSA) is 29.5 Å². The van der Waals surface area contributed by atoms with Crippen LogP contribution in [0.15, 0.2) is 24.3 Å². The van der Waals surface area contributed by atoms with Gasteiger partial charge >= 0.3 is 0 Å². The summed E-state index contributed by atoms with van der Waals surface area (Å²) in [5.74, 6) is 1.39. The van der Waals surface area contributed by atoms with E-state index >= 15 is 0 Å². The third kappa shape index (κ3) is 5.13. The zero-order valence-corrected chi connectivity index (χ0v) is 11.1. The number of carbonyl (C=O) groups is 1. The summed E-state index contributed by atoms with van der Waals surface area (Å²) in [7, 11) is 0. The first kappa shape index (κ1) is 13.9. The van der Waals surface area contributed by atoms with Crippen molar-refractivity contribution in [1.82, 2.24) is 4.90 Å². The van der Waals surface area contributed by atoms with Crippen molar-refractivity contribution in [3.63, 3.8) is 0 Å². The molecule has 0 bridgehead atoms. The number of para-hydroxylation sites is 1. The van der Waals surface area contributed by atoms with Gasteiger partial charge in [0.25, 0.3) is 5.24 Å². The molecule has 0 saturated carbocycles. The summed E-state index contributed by atoms with van der Waals surface area (Å²) in [5, 5.41) is 0.121. The van der Waals surface area contributed by atoms with Crippen LogP contribution in [0.25, 0.3) is 0 Å². The Kier molecular flexibility index (Phi) is 6.55. The Balaban J connectivity index is 2.18. The first-order chi connectivity index (χ1) is 8.27. The van der Waals surface area contributed by atoms with Crippen LogP contribution in [0.2, 0.25) is 0 Å². The molecule has 0 aliphatic rings. The lowest BCUT2D eigenvalue weighted by molar-refractivity contribution is 0.228. The number of thioether (sulfide) groups is 1. The van der Waals surface area contributed by atoms with Crippen LogP contribution in [-0.2, 0) is 0 Å². The maximum Gasteiger partial charge on any atom is 0.281 e.